The van der Waals surface area contributed by atoms with Gasteiger partial charge in [0.2, 0.25) is 0 Å². The van der Waals surface area contributed by atoms with Gasteiger partial charge in [-0.2, -0.15) is 5.10 Å². The summed E-state index contributed by atoms with van der Waals surface area (Å²) in [5.41, 5.74) is 3.81. The number of nitrogens with zero attached hydrogens (tertiary/aromatic N) is 3. The highest BCUT2D eigenvalue weighted by atomic mass is 15.1. The van der Waals surface area contributed by atoms with Crippen molar-refractivity contribution in [3.05, 3.63) is 35.5 Å². The number of nitrogens with one attached hydrogen (secondary N) is 2. The van der Waals surface area contributed by atoms with Gasteiger partial charge in [0.05, 0.1) is 6.20 Å². The lowest BCUT2D eigenvalue weighted by Gasteiger charge is -2.23. The van der Waals surface area contributed by atoms with Crippen molar-refractivity contribution in [2.75, 3.05) is 5.32 Å². The number of hydrogen-bond donors (Lipinski definition) is 2. The number of H-pyrrole nitrogens is 1. The Labute approximate surface area is 111 Å². The summed E-state index contributed by atoms with van der Waals surface area (Å²) in [5, 5.41) is 10.7. The molecule has 5 nitrogen and oxygen atoms in total. The van der Waals surface area contributed by atoms with Crippen molar-refractivity contribution in [2.45, 2.75) is 44.1 Å². The van der Waals surface area contributed by atoms with E-state index in [1.807, 2.05) is 6.20 Å². The molecule has 4 rings (SSSR count). The molecule has 1 saturated carbocycles. The van der Waals surface area contributed by atoms with Gasteiger partial charge in [-0.3, -0.25) is 5.10 Å². The molecule has 2 aromatic rings. The van der Waals surface area contributed by atoms with Crippen molar-refractivity contribution in [3.63, 3.8) is 0 Å². The summed E-state index contributed by atoms with van der Waals surface area (Å²) in [6.07, 6.45) is 9.40. The molecule has 0 saturated heterocycles. The molecule has 19 heavy (non-hydrogen) atoms. The number of aryl methyl sites for hydroxylation is 1. The Balaban J connectivity index is 1.48. The minimum absolute atomic E-state index is 0.440. The van der Waals surface area contributed by atoms with Gasteiger partial charge in [0, 0.05) is 35.8 Å². The van der Waals surface area contributed by atoms with Gasteiger partial charge >= 0.3 is 0 Å². The molecule has 1 atom stereocenters. The first-order valence-corrected chi connectivity index (χ1v) is 6.98. The summed E-state index contributed by atoms with van der Waals surface area (Å²) < 4.78 is 0. The molecule has 2 aliphatic rings. The van der Waals surface area contributed by atoms with Gasteiger partial charge in [-0.1, -0.05) is 0 Å². The second-order valence-electron chi connectivity index (χ2n) is 5.56. The maximum Gasteiger partial charge on any atom is 0.129 e. The zero-order chi connectivity index (χ0) is 12.7. The fraction of sp³-hybridized carbons (Fsp3) is 0.500. The highest BCUT2D eigenvalue weighted by Gasteiger charge is 2.26. The third kappa shape index (κ3) is 2.20. The second-order valence-corrected chi connectivity index (χ2v) is 5.56. The Morgan fingerprint density at radius 2 is 2.16 bits per heavy atom. The molecular weight excluding hydrogens is 238 g/mol. The van der Waals surface area contributed by atoms with Crippen LogP contribution in [-0.2, 0) is 12.8 Å². The molecule has 0 aromatic carbocycles. The molecule has 2 aromatic heterocycles. The van der Waals surface area contributed by atoms with E-state index in [1.165, 1.54) is 29.8 Å². The quantitative estimate of drug-likeness (QED) is 0.881. The lowest BCUT2D eigenvalue weighted by molar-refractivity contribution is 0.600. The van der Waals surface area contributed by atoms with E-state index >= 15 is 0 Å². The highest BCUT2D eigenvalue weighted by Crippen LogP contribution is 2.39. The Kier molecular flexibility index (Phi) is 2.50. The summed E-state index contributed by atoms with van der Waals surface area (Å²) in [7, 11) is 0. The number of rotatable bonds is 3. The van der Waals surface area contributed by atoms with E-state index in [-0.39, 0.29) is 0 Å². The standard InChI is InChI=1S/C14H17N5/c1-2-9(1)12-6-14(16-8-15-12)18-11-4-3-10-7-17-19-13(10)5-11/h6-9,11H,1-5H2,(H,17,19)(H,15,16,18). The second kappa shape index (κ2) is 4.33. The van der Waals surface area contributed by atoms with E-state index in [0.29, 0.717) is 12.0 Å². The number of anilines is 1. The van der Waals surface area contributed by atoms with Crippen LogP contribution in [0, 0.1) is 0 Å². The molecule has 1 unspecified atom stereocenters. The van der Waals surface area contributed by atoms with Gasteiger partial charge in [-0.25, -0.2) is 9.97 Å². The molecule has 0 spiro atoms. The van der Waals surface area contributed by atoms with E-state index in [9.17, 15) is 0 Å². The van der Waals surface area contributed by atoms with Crippen LogP contribution in [0.15, 0.2) is 18.6 Å². The first-order chi connectivity index (χ1) is 9.38. The average molecular weight is 255 g/mol. The topological polar surface area (TPSA) is 66.5 Å². The first kappa shape index (κ1) is 11.0. The molecule has 2 aliphatic carbocycles. The van der Waals surface area contributed by atoms with E-state index in [4.69, 9.17) is 0 Å². The Morgan fingerprint density at radius 1 is 1.21 bits per heavy atom. The molecule has 98 valence electrons. The van der Waals surface area contributed by atoms with Gasteiger partial charge in [0.25, 0.3) is 0 Å². The Morgan fingerprint density at radius 3 is 3.05 bits per heavy atom. The van der Waals surface area contributed by atoms with Crippen LogP contribution in [0.25, 0.3) is 0 Å². The zero-order valence-electron chi connectivity index (χ0n) is 10.8. The molecular formula is C14H17N5. The van der Waals surface area contributed by atoms with Crippen LogP contribution in [0.2, 0.25) is 0 Å². The Hall–Kier alpha value is -1.91. The van der Waals surface area contributed by atoms with Crippen molar-refractivity contribution >= 4 is 5.82 Å². The number of aromatic nitrogens is 4. The monoisotopic (exact) mass is 255 g/mol. The van der Waals surface area contributed by atoms with Crippen LogP contribution < -0.4 is 5.32 Å². The van der Waals surface area contributed by atoms with E-state index in [1.54, 1.807) is 6.33 Å². The van der Waals surface area contributed by atoms with E-state index < -0.39 is 0 Å². The first-order valence-electron chi connectivity index (χ1n) is 6.98. The van der Waals surface area contributed by atoms with Crippen LogP contribution in [0.3, 0.4) is 0 Å². The molecule has 2 N–H and O–H groups in total. The Bertz CT molecular complexity index is 587. The summed E-state index contributed by atoms with van der Waals surface area (Å²) in [4.78, 5) is 8.69. The molecule has 2 heterocycles. The van der Waals surface area contributed by atoms with Crippen molar-refractivity contribution in [1.29, 1.82) is 0 Å². The highest BCUT2D eigenvalue weighted by molar-refractivity contribution is 5.39. The minimum Gasteiger partial charge on any atom is -0.367 e. The van der Waals surface area contributed by atoms with Crippen LogP contribution >= 0.6 is 0 Å². The molecule has 0 radical (unpaired) electrons. The van der Waals surface area contributed by atoms with Gasteiger partial charge in [-0.15, -0.1) is 0 Å². The van der Waals surface area contributed by atoms with Crippen molar-refractivity contribution in [2.24, 2.45) is 0 Å². The van der Waals surface area contributed by atoms with Gasteiger partial charge < -0.3 is 5.32 Å². The molecule has 5 heteroatoms. The fourth-order valence-electron chi connectivity index (χ4n) is 2.79. The van der Waals surface area contributed by atoms with Gasteiger partial charge in [0.15, 0.2) is 0 Å². The summed E-state index contributed by atoms with van der Waals surface area (Å²) in [6.45, 7) is 0. The fourth-order valence-corrected chi connectivity index (χ4v) is 2.79. The SMILES string of the molecule is c1nc(NC2CCc3cn[nH]c3C2)cc(C2CC2)n1. The third-order valence-electron chi connectivity index (χ3n) is 4.06. The van der Waals surface area contributed by atoms with Gasteiger partial charge in [-0.05, 0) is 31.2 Å². The summed E-state index contributed by atoms with van der Waals surface area (Å²) >= 11 is 0. The van der Waals surface area contributed by atoms with Gasteiger partial charge in [0.1, 0.15) is 12.1 Å². The molecule has 0 amide bonds. The lowest BCUT2D eigenvalue weighted by atomic mass is 9.94. The minimum atomic E-state index is 0.440. The molecule has 0 bridgehead atoms. The van der Waals surface area contributed by atoms with Crippen LogP contribution in [0.4, 0.5) is 5.82 Å². The summed E-state index contributed by atoms with van der Waals surface area (Å²) in [5.74, 6) is 1.64. The summed E-state index contributed by atoms with van der Waals surface area (Å²) in [6, 6.07) is 2.55. The number of fused-ring (bicyclic) bond motifs is 1. The molecule has 1 fully saturated rings. The maximum atomic E-state index is 4.35. The third-order valence-corrected chi connectivity index (χ3v) is 4.06. The number of aromatic amines is 1. The van der Waals surface area contributed by atoms with Crippen LogP contribution in [0.5, 0.6) is 0 Å². The van der Waals surface area contributed by atoms with Crippen molar-refractivity contribution in [3.8, 4) is 0 Å². The maximum absolute atomic E-state index is 4.35. The predicted molar refractivity (Wildman–Crippen MR) is 72.0 cm³/mol. The van der Waals surface area contributed by atoms with Crippen molar-refractivity contribution < 1.29 is 0 Å². The zero-order valence-corrected chi connectivity index (χ0v) is 10.8. The molecule has 0 aliphatic heterocycles. The van der Waals surface area contributed by atoms with Crippen molar-refractivity contribution in [1.82, 2.24) is 20.2 Å². The van der Waals surface area contributed by atoms with Crippen LogP contribution in [0.1, 0.15) is 42.1 Å². The average Bonchev–Trinajstić information content (AvgIpc) is 3.18. The predicted octanol–water partition coefficient (Wildman–Crippen LogP) is 2.05. The van der Waals surface area contributed by atoms with E-state index in [2.05, 4.69) is 31.5 Å². The van der Waals surface area contributed by atoms with Crippen LogP contribution in [-0.4, -0.2) is 26.2 Å². The number of hydrogen-bond acceptors (Lipinski definition) is 4. The van der Waals surface area contributed by atoms with E-state index in [0.717, 1.165) is 25.1 Å². The lowest BCUT2D eigenvalue weighted by Crippen LogP contribution is -2.27. The normalized spacial score (nSPS) is 22.0. The smallest absolute Gasteiger partial charge is 0.129 e. The largest absolute Gasteiger partial charge is 0.367 e.